The lowest BCUT2D eigenvalue weighted by Crippen LogP contribution is -2.59. The average molecular weight is 360 g/mol. The minimum atomic E-state index is -1.61. The van der Waals surface area contributed by atoms with Crippen LogP contribution in [0.25, 0.3) is 5.65 Å². The first-order valence-corrected chi connectivity index (χ1v) is 9.07. The third-order valence-electron chi connectivity index (χ3n) is 4.90. The van der Waals surface area contributed by atoms with Crippen LogP contribution in [-0.2, 0) is 17.0 Å². The maximum Gasteiger partial charge on any atom is 0.410 e. The van der Waals surface area contributed by atoms with Crippen LogP contribution in [0.1, 0.15) is 56.4 Å². The summed E-state index contributed by atoms with van der Waals surface area (Å²) in [5.74, 6) is 0.493. The monoisotopic (exact) mass is 360 g/mol. The number of rotatable bonds is 3. The van der Waals surface area contributed by atoms with Crippen LogP contribution in [0.3, 0.4) is 0 Å². The van der Waals surface area contributed by atoms with Crippen LogP contribution in [-0.4, -0.2) is 39.1 Å². The van der Waals surface area contributed by atoms with Gasteiger partial charge in [0.05, 0.1) is 18.8 Å². The molecule has 0 aromatic carbocycles. The van der Waals surface area contributed by atoms with Crippen LogP contribution < -0.4 is 5.73 Å². The maximum atomic E-state index is 15.7. The van der Waals surface area contributed by atoms with Crippen molar-refractivity contribution in [3.8, 4) is 0 Å². The minimum Gasteiger partial charge on any atom is -0.444 e. The molecule has 6 nitrogen and oxygen atoms in total. The van der Waals surface area contributed by atoms with E-state index in [9.17, 15) is 4.79 Å². The van der Waals surface area contributed by atoms with Gasteiger partial charge in [0.15, 0.2) is 5.67 Å². The van der Waals surface area contributed by atoms with E-state index in [-0.39, 0.29) is 13.1 Å². The molecule has 26 heavy (non-hydrogen) atoms. The molecule has 7 heteroatoms. The van der Waals surface area contributed by atoms with Crippen molar-refractivity contribution in [1.29, 1.82) is 0 Å². The molecule has 2 aliphatic rings. The summed E-state index contributed by atoms with van der Waals surface area (Å²) in [6.07, 6.45) is 5.67. The van der Waals surface area contributed by atoms with Gasteiger partial charge < -0.3 is 19.8 Å². The zero-order valence-corrected chi connectivity index (χ0v) is 15.5. The molecule has 1 aliphatic carbocycles. The normalized spacial score (nSPS) is 19.5. The first-order valence-electron chi connectivity index (χ1n) is 9.07. The quantitative estimate of drug-likeness (QED) is 0.913. The first-order chi connectivity index (χ1) is 12.2. The molecule has 2 aromatic rings. The number of carbonyl (C=O) groups is 1. The van der Waals surface area contributed by atoms with Crippen molar-refractivity contribution in [3.05, 3.63) is 35.3 Å². The molecular weight excluding hydrogens is 335 g/mol. The maximum absolute atomic E-state index is 15.7. The molecule has 140 valence electrons. The molecule has 2 aromatic heterocycles. The summed E-state index contributed by atoms with van der Waals surface area (Å²) < 4.78 is 22.9. The molecule has 1 saturated heterocycles. The highest BCUT2D eigenvalue weighted by Gasteiger charge is 2.50. The van der Waals surface area contributed by atoms with Crippen molar-refractivity contribution in [1.82, 2.24) is 14.3 Å². The number of likely N-dealkylation sites (tertiary alicyclic amines) is 1. The highest BCUT2D eigenvalue weighted by Crippen LogP contribution is 2.44. The molecule has 0 atom stereocenters. The van der Waals surface area contributed by atoms with E-state index in [4.69, 9.17) is 10.5 Å². The summed E-state index contributed by atoms with van der Waals surface area (Å²) in [4.78, 5) is 18.1. The molecule has 4 rings (SSSR count). The minimum absolute atomic E-state index is 0.0173. The van der Waals surface area contributed by atoms with Gasteiger partial charge in [-0.25, -0.2) is 14.2 Å². The number of fused-ring (bicyclic) bond motifs is 1. The predicted octanol–water partition coefficient (Wildman–Crippen LogP) is 3.09. The van der Waals surface area contributed by atoms with E-state index in [0.717, 1.165) is 24.1 Å². The van der Waals surface area contributed by atoms with Crippen molar-refractivity contribution >= 4 is 11.7 Å². The van der Waals surface area contributed by atoms with E-state index < -0.39 is 17.4 Å². The standard InChI is InChI=1S/C19H25FN4O2/c1-18(2,3)26-17(25)24-10-19(20,11-24)15-6-13(12-4-5-12)8-23-9-14(7-21)22-16(15)23/h6,8-9,12H,4-5,7,10-11,21H2,1-3H3. The SMILES string of the molecule is CC(C)(C)OC(=O)N1CC(F)(c2cc(C3CC3)cn3cc(CN)nc23)C1. The van der Waals surface area contributed by atoms with E-state index in [1.807, 2.05) is 22.9 Å². The molecule has 0 bridgehead atoms. The number of ether oxygens (including phenoxy) is 1. The number of halogens is 1. The number of hydrogen-bond acceptors (Lipinski definition) is 4. The Kier molecular flexibility index (Phi) is 3.77. The second-order valence-electron chi connectivity index (χ2n) is 8.43. The summed E-state index contributed by atoms with van der Waals surface area (Å²) in [7, 11) is 0. The fourth-order valence-electron chi connectivity index (χ4n) is 3.42. The van der Waals surface area contributed by atoms with Crippen molar-refractivity contribution in [2.24, 2.45) is 5.73 Å². The van der Waals surface area contributed by atoms with E-state index >= 15 is 4.39 Å². The number of nitrogens with two attached hydrogens (primary N) is 1. The zero-order chi connectivity index (χ0) is 18.7. The van der Waals surface area contributed by atoms with Gasteiger partial charge in [0.25, 0.3) is 0 Å². The molecule has 1 saturated carbocycles. The van der Waals surface area contributed by atoms with Gasteiger partial charge in [-0.05, 0) is 51.2 Å². The smallest absolute Gasteiger partial charge is 0.410 e. The second-order valence-corrected chi connectivity index (χ2v) is 8.43. The molecule has 1 amide bonds. The Morgan fingerprint density at radius 1 is 1.38 bits per heavy atom. The molecule has 0 unspecified atom stereocenters. The lowest BCUT2D eigenvalue weighted by atomic mass is 9.87. The Hall–Kier alpha value is -2.15. The van der Waals surface area contributed by atoms with Crippen LogP contribution in [0.4, 0.5) is 9.18 Å². The molecular formula is C19H25FN4O2. The van der Waals surface area contributed by atoms with Crippen molar-refractivity contribution in [2.75, 3.05) is 13.1 Å². The summed E-state index contributed by atoms with van der Waals surface area (Å²) >= 11 is 0. The van der Waals surface area contributed by atoms with Crippen LogP contribution in [0.2, 0.25) is 0 Å². The van der Waals surface area contributed by atoms with E-state index in [1.165, 1.54) is 4.90 Å². The number of pyridine rings is 1. The fourth-order valence-corrected chi connectivity index (χ4v) is 3.42. The van der Waals surface area contributed by atoms with Gasteiger partial charge in [0.1, 0.15) is 11.2 Å². The average Bonchev–Trinajstić information content (AvgIpc) is 3.28. The van der Waals surface area contributed by atoms with Crippen LogP contribution >= 0.6 is 0 Å². The highest BCUT2D eigenvalue weighted by atomic mass is 19.1. The van der Waals surface area contributed by atoms with E-state index in [0.29, 0.717) is 23.7 Å². The summed E-state index contributed by atoms with van der Waals surface area (Å²) in [5, 5.41) is 0. The summed E-state index contributed by atoms with van der Waals surface area (Å²) in [6, 6.07) is 1.92. The molecule has 3 heterocycles. The summed E-state index contributed by atoms with van der Waals surface area (Å²) in [5.41, 5.74) is 6.49. The first kappa shape index (κ1) is 17.3. The van der Waals surface area contributed by atoms with Gasteiger partial charge in [0.2, 0.25) is 0 Å². The van der Waals surface area contributed by atoms with E-state index in [2.05, 4.69) is 4.98 Å². The van der Waals surface area contributed by atoms with Crippen molar-refractivity contribution < 1.29 is 13.9 Å². The van der Waals surface area contributed by atoms with E-state index in [1.54, 1.807) is 20.8 Å². The number of alkyl halides is 1. The number of nitrogens with zero attached hydrogens (tertiary/aromatic N) is 3. The Morgan fingerprint density at radius 3 is 2.65 bits per heavy atom. The Bertz CT molecular complexity index is 860. The fraction of sp³-hybridized carbons (Fsp3) is 0.579. The highest BCUT2D eigenvalue weighted by molar-refractivity contribution is 5.70. The third-order valence-corrected chi connectivity index (χ3v) is 4.90. The Labute approximate surface area is 152 Å². The molecule has 2 N–H and O–H groups in total. The zero-order valence-electron chi connectivity index (χ0n) is 15.5. The number of amides is 1. The van der Waals surface area contributed by atoms with Gasteiger partial charge in [-0.2, -0.15) is 0 Å². The van der Waals surface area contributed by atoms with Gasteiger partial charge >= 0.3 is 6.09 Å². The topological polar surface area (TPSA) is 72.9 Å². The third kappa shape index (κ3) is 3.05. The van der Waals surface area contributed by atoms with Crippen LogP contribution in [0.5, 0.6) is 0 Å². The van der Waals surface area contributed by atoms with Gasteiger partial charge in [-0.3, -0.25) is 0 Å². The Balaban J connectivity index is 1.64. The lowest BCUT2D eigenvalue weighted by molar-refractivity contribution is -0.0533. The van der Waals surface area contributed by atoms with Gasteiger partial charge in [-0.15, -0.1) is 0 Å². The van der Waals surface area contributed by atoms with Crippen LogP contribution in [0, 0.1) is 0 Å². The molecule has 1 aliphatic heterocycles. The Morgan fingerprint density at radius 2 is 2.08 bits per heavy atom. The van der Waals surface area contributed by atoms with Crippen molar-refractivity contribution in [3.63, 3.8) is 0 Å². The molecule has 0 spiro atoms. The summed E-state index contributed by atoms with van der Waals surface area (Å²) in [6.45, 7) is 5.68. The van der Waals surface area contributed by atoms with Gasteiger partial charge in [-0.1, -0.05) is 0 Å². The molecule has 2 fully saturated rings. The van der Waals surface area contributed by atoms with Crippen molar-refractivity contribution in [2.45, 2.75) is 57.3 Å². The largest absolute Gasteiger partial charge is 0.444 e. The second kappa shape index (κ2) is 5.67. The lowest BCUT2D eigenvalue weighted by Gasteiger charge is -2.44. The molecule has 0 radical (unpaired) electrons. The predicted molar refractivity (Wildman–Crippen MR) is 95.7 cm³/mol. The number of aromatic nitrogens is 2. The number of carbonyl (C=O) groups excluding carboxylic acids is 1. The van der Waals surface area contributed by atoms with Crippen LogP contribution in [0.15, 0.2) is 18.5 Å². The number of hydrogen-bond donors (Lipinski definition) is 1. The number of imidazole rings is 1. The van der Waals surface area contributed by atoms with Gasteiger partial charge in [0, 0.05) is 24.5 Å².